The maximum atomic E-state index is 14.1. The van der Waals surface area contributed by atoms with Gasteiger partial charge in [-0.1, -0.05) is 32.0 Å². The van der Waals surface area contributed by atoms with E-state index in [9.17, 15) is 19.2 Å². The summed E-state index contributed by atoms with van der Waals surface area (Å²) in [5.74, 6) is 1.57. The number of methoxy groups -OCH3 is 4. The van der Waals surface area contributed by atoms with E-state index in [0.29, 0.717) is 44.2 Å². The number of nitrogens with zero attached hydrogens (tertiary/aromatic N) is 4. The summed E-state index contributed by atoms with van der Waals surface area (Å²) in [6.45, 7) is 8.85. The molecular weight excluding hydrogens is 809 g/mol. The van der Waals surface area contributed by atoms with E-state index in [-0.39, 0.29) is 41.8 Å². The first-order valence-corrected chi connectivity index (χ1v) is 21.4. The molecule has 2 saturated heterocycles. The third kappa shape index (κ3) is 8.26. The number of fused-ring (bicyclic) bond motifs is 6. The Bertz CT molecular complexity index is 2540. The second-order valence-corrected chi connectivity index (χ2v) is 17.2. The highest BCUT2D eigenvalue weighted by Gasteiger charge is 2.43. The van der Waals surface area contributed by atoms with Gasteiger partial charge in [0.25, 0.3) is 0 Å². The summed E-state index contributed by atoms with van der Waals surface area (Å²) in [4.78, 5) is 72.9. The highest BCUT2D eigenvalue weighted by molar-refractivity contribution is 6.07. The maximum Gasteiger partial charge on any atom is 0.407 e. The van der Waals surface area contributed by atoms with Crippen molar-refractivity contribution in [2.75, 3.05) is 41.6 Å². The fourth-order valence-corrected chi connectivity index (χ4v) is 9.43. The number of likely N-dealkylation sites (tertiary alicyclic amines) is 2. The number of amides is 4. The van der Waals surface area contributed by atoms with Crippen molar-refractivity contribution in [1.82, 2.24) is 40.4 Å². The molecule has 5 heterocycles. The van der Waals surface area contributed by atoms with Gasteiger partial charge < -0.3 is 54.1 Å². The minimum atomic E-state index is -0.938. The molecule has 2 fully saturated rings. The standard InChI is InChI=1S/C46H56N8O9/c1-23(2)38(51-45(57)61-7)43(55)53-20-26(21-59-5)15-36(53)41-47-19-34(49-41)28-10-12-30-29(16-28)22-63-37-18-31-27(17-32(30)37)11-13-33-40(31)50-42(48-33)35-14-9-24(3)54(35)44(56)39(25(4)60-6)52-46(58)62-8/h10-13,16-19,23-26,35-36,38-39H,9,14-15,20-22H2,1-8H3,(H,47,49)(H,48,50)(H,51,57)(H,52,58)/t24-,25+,26-,35?,36-,38-,39-/m0/s1. The molecular formula is C46H56N8O9. The first-order valence-electron chi connectivity index (χ1n) is 21.4. The number of alkyl carbamates (subject to hydrolysis) is 2. The van der Waals surface area contributed by atoms with Gasteiger partial charge in [0.1, 0.15) is 36.1 Å². The minimum Gasteiger partial charge on any atom is -0.488 e. The lowest BCUT2D eigenvalue weighted by molar-refractivity contribution is -0.139. The fourth-order valence-electron chi connectivity index (χ4n) is 9.43. The number of ether oxygens (including phenoxy) is 5. The third-order valence-electron chi connectivity index (χ3n) is 12.9. The molecule has 0 bridgehead atoms. The highest BCUT2D eigenvalue weighted by atomic mass is 16.5. The van der Waals surface area contributed by atoms with E-state index in [1.54, 1.807) is 30.0 Å². The zero-order valence-electron chi connectivity index (χ0n) is 36.9. The lowest BCUT2D eigenvalue weighted by Crippen LogP contribution is -2.55. The average molecular weight is 865 g/mol. The van der Waals surface area contributed by atoms with Gasteiger partial charge in [-0.25, -0.2) is 19.6 Å². The lowest BCUT2D eigenvalue weighted by Gasteiger charge is -2.33. The van der Waals surface area contributed by atoms with E-state index >= 15 is 0 Å². The van der Waals surface area contributed by atoms with Crippen molar-refractivity contribution in [3.05, 3.63) is 65.9 Å². The van der Waals surface area contributed by atoms with E-state index < -0.39 is 30.4 Å². The number of aromatic amines is 2. The first-order chi connectivity index (χ1) is 30.3. The molecule has 4 N–H and O–H groups in total. The fraction of sp³-hybridized carbons (Fsp3) is 0.478. The van der Waals surface area contributed by atoms with Crippen LogP contribution in [0.3, 0.4) is 0 Å². The van der Waals surface area contributed by atoms with Gasteiger partial charge in [-0.3, -0.25) is 9.59 Å². The zero-order valence-corrected chi connectivity index (χ0v) is 36.9. The summed E-state index contributed by atoms with van der Waals surface area (Å²) in [5.41, 5.74) is 6.42. The second kappa shape index (κ2) is 17.9. The van der Waals surface area contributed by atoms with Crippen LogP contribution in [0.15, 0.2) is 48.7 Å². The summed E-state index contributed by atoms with van der Waals surface area (Å²) in [6.07, 6.45) is 1.99. The van der Waals surface area contributed by atoms with Crippen LogP contribution in [0.1, 0.15) is 76.3 Å². The van der Waals surface area contributed by atoms with Crippen molar-refractivity contribution in [3.63, 3.8) is 0 Å². The molecule has 17 nitrogen and oxygen atoms in total. The largest absolute Gasteiger partial charge is 0.488 e. The van der Waals surface area contributed by atoms with Gasteiger partial charge in [0, 0.05) is 43.7 Å². The van der Waals surface area contributed by atoms with Crippen molar-refractivity contribution in [2.24, 2.45) is 11.8 Å². The van der Waals surface area contributed by atoms with Crippen molar-refractivity contribution < 1.29 is 42.9 Å². The predicted octanol–water partition coefficient (Wildman–Crippen LogP) is 6.39. The summed E-state index contributed by atoms with van der Waals surface area (Å²) in [5, 5.41) is 7.30. The number of carbonyl (C=O) groups excluding carboxylic acids is 4. The Labute approximate surface area is 365 Å². The van der Waals surface area contributed by atoms with Crippen LogP contribution in [0, 0.1) is 11.8 Å². The van der Waals surface area contributed by atoms with Crippen molar-refractivity contribution in [2.45, 2.75) is 89.9 Å². The highest BCUT2D eigenvalue weighted by Crippen LogP contribution is 2.44. The number of imidazole rings is 2. The van der Waals surface area contributed by atoms with Gasteiger partial charge in [0.05, 0.1) is 61.9 Å². The Morgan fingerprint density at radius 3 is 2.35 bits per heavy atom. The van der Waals surface area contributed by atoms with Gasteiger partial charge in [-0.15, -0.1) is 0 Å². The van der Waals surface area contributed by atoms with Gasteiger partial charge in [-0.2, -0.15) is 0 Å². The molecule has 7 atom stereocenters. The van der Waals surface area contributed by atoms with Crippen LogP contribution in [0.2, 0.25) is 0 Å². The minimum absolute atomic E-state index is 0.0854. The topological polar surface area (TPSA) is 202 Å². The van der Waals surface area contributed by atoms with Crippen LogP contribution < -0.4 is 15.4 Å². The van der Waals surface area contributed by atoms with Crippen LogP contribution in [0.4, 0.5) is 9.59 Å². The SMILES string of the molecule is COC[C@H]1C[C@@H](c2ncc(-c3ccc4c(c3)COc3cc5c(ccc6[nH]c(C7CC[C@H](C)N7C(=O)[C@@H](NC(=O)OC)[C@@H](C)OC)nc65)cc3-4)[nH]2)N(C(=O)[C@@H](NC(=O)OC)C(C)C)C1. The zero-order chi connectivity index (χ0) is 44.7. The third-order valence-corrected chi connectivity index (χ3v) is 12.9. The lowest BCUT2D eigenvalue weighted by atomic mass is 9.92. The van der Waals surface area contributed by atoms with E-state index in [2.05, 4.69) is 50.9 Å². The smallest absolute Gasteiger partial charge is 0.407 e. The molecule has 0 radical (unpaired) electrons. The van der Waals surface area contributed by atoms with Crippen LogP contribution in [0.25, 0.3) is 44.2 Å². The van der Waals surface area contributed by atoms with Crippen LogP contribution >= 0.6 is 0 Å². The molecule has 4 amide bonds. The Balaban J connectivity index is 1.05. The Kier molecular flexibility index (Phi) is 12.3. The molecule has 2 aromatic heterocycles. The monoisotopic (exact) mass is 864 g/mol. The number of carbonyl (C=O) groups is 4. The molecule has 3 aromatic carbocycles. The summed E-state index contributed by atoms with van der Waals surface area (Å²) in [7, 11) is 5.70. The normalized spacial score (nSPS) is 20.8. The van der Waals surface area contributed by atoms with Crippen LogP contribution in [0.5, 0.6) is 5.75 Å². The quantitative estimate of drug-likeness (QED) is 0.108. The van der Waals surface area contributed by atoms with Crippen molar-refractivity contribution in [1.29, 1.82) is 0 Å². The molecule has 0 saturated carbocycles. The van der Waals surface area contributed by atoms with E-state index in [1.165, 1.54) is 21.3 Å². The molecule has 5 aromatic rings. The van der Waals surface area contributed by atoms with Crippen molar-refractivity contribution >= 4 is 45.8 Å². The van der Waals surface area contributed by atoms with E-state index in [4.69, 9.17) is 33.7 Å². The molecule has 0 spiro atoms. The van der Waals surface area contributed by atoms with Gasteiger partial charge in [-0.05, 0) is 85.4 Å². The van der Waals surface area contributed by atoms with Gasteiger partial charge in [0.15, 0.2) is 0 Å². The molecule has 17 heteroatoms. The number of H-pyrrole nitrogens is 2. The maximum absolute atomic E-state index is 14.1. The average Bonchev–Trinajstić information content (AvgIpc) is 4.11. The molecule has 1 unspecified atom stereocenters. The number of hydrogen-bond donors (Lipinski definition) is 4. The molecule has 8 rings (SSSR count). The summed E-state index contributed by atoms with van der Waals surface area (Å²) >= 11 is 0. The summed E-state index contributed by atoms with van der Waals surface area (Å²) in [6, 6.07) is 12.1. The number of rotatable bonds is 12. The van der Waals surface area contributed by atoms with E-state index in [0.717, 1.165) is 61.9 Å². The Hall–Kier alpha value is -6.20. The Morgan fingerprint density at radius 2 is 1.63 bits per heavy atom. The Morgan fingerprint density at radius 1 is 0.873 bits per heavy atom. The summed E-state index contributed by atoms with van der Waals surface area (Å²) < 4.78 is 27.0. The number of benzene rings is 3. The molecule has 0 aliphatic carbocycles. The van der Waals surface area contributed by atoms with Crippen LogP contribution in [-0.4, -0.2) is 120 Å². The van der Waals surface area contributed by atoms with Gasteiger partial charge >= 0.3 is 12.2 Å². The molecule has 334 valence electrons. The molecule has 63 heavy (non-hydrogen) atoms. The number of aromatic nitrogens is 4. The predicted molar refractivity (Wildman–Crippen MR) is 234 cm³/mol. The van der Waals surface area contributed by atoms with Crippen molar-refractivity contribution in [3.8, 4) is 28.1 Å². The molecule has 3 aliphatic heterocycles. The second-order valence-electron chi connectivity index (χ2n) is 17.2. The number of nitrogens with one attached hydrogen (secondary N) is 4. The van der Waals surface area contributed by atoms with Gasteiger partial charge in [0.2, 0.25) is 11.8 Å². The first kappa shape index (κ1) is 43.4. The molecule has 3 aliphatic rings. The van der Waals surface area contributed by atoms with E-state index in [1.807, 2.05) is 32.9 Å². The van der Waals surface area contributed by atoms with Crippen LogP contribution in [-0.2, 0) is 35.1 Å². The number of hydrogen-bond acceptors (Lipinski definition) is 11.